The Bertz CT molecular complexity index is 447. The van der Waals surface area contributed by atoms with Crippen molar-refractivity contribution in [3.05, 3.63) is 34.3 Å². The maximum Gasteiger partial charge on any atom is 0.255 e. The standard InChI is InChI=1S/C14H17Cl2NO/c1-10-5-6-12(13(16)8-10)14(18)17-7-3-2-4-11(17)9-15/h5-6,8,11H,2-4,7,9H2,1H3. The predicted molar refractivity (Wildman–Crippen MR) is 75.6 cm³/mol. The summed E-state index contributed by atoms with van der Waals surface area (Å²) in [5, 5.41) is 0.527. The van der Waals surface area contributed by atoms with Gasteiger partial charge >= 0.3 is 0 Å². The number of aryl methyl sites for hydroxylation is 1. The molecule has 0 aliphatic carbocycles. The van der Waals surface area contributed by atoms with Gasteiger partial charge in [-0.15, -0.1) is 11.6 Å². The molecule has 0 saturated carbocycles. The van der Waals surface area contributed by atoms with Gasteiger partial charge < -0.3 is 4.90 Å². The third-order valence-corrected chi connectivity index (χ3v) is 4.09. The fourth-order valence-corrected chi connectivity index (χ4v) is 3.01. The first-order valence-corrected chi connectivity index (χ1v) is 7.18. The van der Waals surface area contributed by atoms with Gasteiger partial charge in [-0.25, -0.2) is 0 Å². The Hall–Kier alpha value is -0.730. The van der Waals surface area contributed by atoms with Gasteiger partial charge in [0.25, 0.3) is 5.91 Å². The molecule has 1 aliphatic rings. The molecule has 1 aromatic carbocycles. The molecule has 0 N–H and O–H groups in total. The minimum atomic E-state index is 0.00495. The van der Waals surface area contributed by atoms with Crippen LogP contribution < -0.4 is 0 Å². The van der Waals surface area contributed by atoms with Crippen molar-refractivity contribution >= 4 is 29.1 Å². The number of hydrogen-bond donors (Lipinski definition) is 0. The van der Waals surface area contributed by atoms with E-state index in [0.29, 0.717) is 16.5 Å². The number of benzene rings is 1. The molecule has 1 unspecified atom stereocenters. The van der Waals surface area contributed by atoms with Crippen molar-refractivity contribution in [3.63, 3.8) is 0 Å². The van der Waals surface area contributed by atoms with Gasteiger partial charge in [0.15, 0.2) is 0 Å². The van der Waals surface area contributed by atoms with Crippen molar-refractivity contribution in [2.24, 2.45) is 0 Å². The minimum absolute atomic E-state index is 0.00495. The fraction of sp³-hybridized carbons (Fsp3) is 0.500. The first-order valence-electron chi connectivity index (χ1n) is 6.26. The van der Waals surface area contributed by atoms with Crippen LogP contribution in [0.1, 0.15) is 35.2 Å². The molecule has 1 heterocycles. The molecule has 1 aromatic rings. The highest BCUT2D eigenvalue weighted by Gasteiger charge is 2.27. The molecule has 1 atom stereocenters. The van der Waals surface area contributed by atoms with E-state index in [4.69, 9.17) is 23.2 Å². The van der Waals surface area contributed by atoms with E-state index in [2.05, 4.69) is 0 Å². The van der Waals surface area contributed by atoms with E-state index in [9.17, 15) is 4.79 Å². The highest BCUT2D eigenvalue weighted by atomic mass is 35.5. The number of amides is 1. The summed E-state index contributed by atoms with van der Waals surface area (Å²) >= 11 is 12.1. The van der Waals surface area contributed by atoms with Crippen LogP contribution in [0.4, 0.5) is 0 Å². The number of hydrogen-bond acceptors (Lipinski definition) is 1. The van der Waals surface area contributed by atoms with E-state index >= 15 is 0 Å². The largest absolute Gasteiger partial charge is 0.334 e. The summed E-state index contributed by atoms with van der Waals surface area (Å²) < 4.78 is 0. The maximum absolute atomic E-state index is 12.5. The predicted octanol–water partition coefficient (Wildman–Crippen LogP) is 3.88. The molecule has 1 saturated heterocycles. The second-order valence-corrected chi connectivity index (χ2v) is 5.50. The topological polar surface area (TPSA) is 20.3 Å². The zero-order valence-electron chi connectivity index (χ0n) is 10.5. The monoisotopic (exact) mass is 285 g/mol. The molecule has 0 bridgehead atoms. The van der Waals surface area contributed by atoms with Gasteiger partial charge in [-0.2, -0.15) is 0 Å². The van der Waals surface area contributed by atoms with Crippen LogP contribution >= 0.6 is 23.2 Å². The average molecular weight is 286 g/mol. The smallest absolute Gasteiger partial charge is 0.255 e. The summed E-state index contributed by atoms with van der Waals surface area (Å²) in [4.78, 5) is 14.4. The number of piperidine rings is 1. The molecule has 0 radical (unpaired) electrons. The Balaban J connectivity index is 2.24. The second kappa shape index (κ2) is 5.94. The molecule has 0 aromatic heterocycles. The number of nitrogens with zero attached hydrogens (tertiary/aromatic N) is 1. The summed E-state index contributed by atoms with van der Waals surface area (Å²) in [6.45, 7) is 2.74. The maximum atomic E-state index is 12.5. The number of likely N-dealkylation sites (tertiary alicyclic amines) is 1. The van der Waals surface area contributed by atoms with Crippen LogP contribution in [0.3, 0.4) is 0 Å². The SMILES string of the molecule is Cc1ccc(C(=O)N2CCCCC2CCl)c(Cl)c1. The lowest BCUT2D eigenvalue weighted by Gasteiger charge is -2.34. The summed E-state index contributed by atoms with van der Waals surface area (Å²) in [5.74, 6) is 0.500. The van der Waals surface area contributed by atoms with E-state index in [-0.39, 0.29) is 11.9 Å². The molecule has 1 aliphatic heterocycles. The van der Waals surface area contributed by atoms with E-state index in [1.807, 2.05) is 24.0 Å². The lowest BCUT2D eigenvalue weighted by molar-refractivity contribution is 0.0639. The summed E-state index contributed by atoms with van der Waals surface area (Å²) in [6, 6.07) is 5.69. The van der Waals surface area contributed by atoms with E-state index in [0.717, 1.165) is 31.4 Å². The first kappa shape index (κ1) is 13.7. The van der Waals surface area contributed by atoms with Gasteiger partial charge in [-0.05, 0) is 43.9 Å². The molecule has 2 rings (SSSR count). The normalized spacial score (nSPS) is 19.9. The van der Waals surface area contributed by atoms with Crippen LogP contribution in [0.2, 0.25) is 5.02 Å². The number of carbonyl (C=O) groups is 1. The van der Waals surface area contributed by atoms with Crippen molar-refractivity contribution in [1.29, 1.82) is 0 Å². The number of carbonyl (C=O) groups excluding carboxylic acids is 1. The summed E-state index contributed by atoms with van der Waals surface area (Å²) in [6.07, 6.45) is 3.17. The molecule has 4 heteroatoms. The van der Waals surface area contributed by atoms with Crippen LogP contribution in [-0.4, -0.2) is 29.3 Å². The zero-order valence-corrected chi connectivity index (χ0v) is 12.0. The van der Waals surface area contributed by atoms with Gasteiger partial charge in [-0.1, -0.05) is 17.7 Å². The number of alkyl halides is 1. The van der Waals surface area contributed by atoms with Gasteiger partial charge in [0, 0.05) is 18.5 Å². The molecule has 1 amide bonds. The fourth-order valence-electron chi connectivity index (χ4n) is 2.38. The molecular formula is C14H17Cl2NO. The third kappa shape index (κ3) is 2.81. The first-order chi connectivity index (χ1) is 8.63. The van der Waals surface area contributed by atoms with Gasteiger partial charge in [0.1, 0.15) is 0 Å². The van der Waals surface area contributed by atoms with Crippen LogP contribution in [0.5, 0.6) is 0 Å². The van der Waals surface area contributed by atoms with Crippen LogP contribution in [0, 0.1) is 6.92 Å². The molecule has 2 nitrogen and oxygen atoms in total. The Morgan fingerprint density at radius 1 is 1.44 bits per heavy atom. The molecular weight excluding hydrogens is 269 g/mol. The van der Waals surface area contributed by atoms with E-state index in [1.165, 1.54) is 0 Å². The highest BCUT2D eigenvalue weighted by Crippen LogP contribution is 2.24. The molecule has 1 fully saturated rings. The van der Waals surface area contributed by atoms with Crippen LogP contribution in [-0.2, 0) is 0 Å². The van der Waals surface area contributed by atoms with Crippen LogP contribution in [0.25, 0.3) is 0 Å². The van der Waals surface area contributed by atoms with Gasteiger partial charge in [0.2, 0.25) is 0 Å². The number of rotatable bonds is 2. The Kier molecular flexibility index (Phi) is 4.52. The van der Waals surface area contributed by atoms with Gasteiger partial charge in [-0.3, -0.25) is 4.79 Å². The quantitative estimate of drug-likeness (QED) is 0.755. The summed E-state index contributed by atoms with van der Waals surface area (Å²) in [5.41, 5.74) is 1.64. The molecule has 98 valence electrons. The van der Waals surface area contributed by atoms with Crippen molar-refractivity contribution in [1.82, 2.24) is 4.90 Å². The molecule has 0 spiro atoms. The van der Waals surface area contributed by atoms with E-state index in [1.54, 1.807) is 6.07 Å². The zero-order chi connectivity index (χ0) is 13.1. The van der Waals surface area contributed by atoms with Crippen molar-refractivity contribution in [2.45, 2.75) is 32.2 Å². The lowest BCUT2D eigenvalue weighted by atomic mass is 10.0. The van der Waals surface area contributed by atoms with Crippen molar-refractivity contribution < 1.29 is 4.79 Å². The Labute approximate surface area is 118 Å². The van der Waals surface area contributed by atoms with Crippen molar-refractivity contribution in [3.8, 4) is 0 Å². The average Bonchev–Trinajstić information content (AvgIpc) is 2.38. The van der Waals surface area contributed by atoms with Crippen molar-refractivity contribution in [2.75, 3.05) is 12.4 Å². The minimum Gasteiger partial charge on any atom is -0.334 e. The lowest BCUT2D eigenvalue weighted by Crippen LogP contribution is -2.44. The van der Waals surface area contributed by atoms with Crippen LogP contribution in [0.15, 0.2) is 18.2 Å². The van der Waals surface area contributed by atoms with E-state index < -0.39 is 0 Å². The second-order valence-electron chi connectivity index (χ2n) is 4.79. The highest BCUT2D eigenvalue weighted by molar-refractivity contribution is 6.33. The third-order valence-electron chi connectivity index (χ3n) is 3.42. The number of halogens is 2. The van der Waals surface area contributed by atoms with Gasteiger partial charge in [0.05, 0.1) is 10.6 Å². The molecule has 18 heavy (non-hydrogen) atoms. The Morgan fingerprint density at radius 2 is 2.22 bits per heavy atom. The Morgan fingerprint density at radius 3 is 2.89 bits per heavy atom. The summed E-state index contributed by atoms with van der Waals surface area (Å²) in [7, 11) is 0.